The maximum Gasteiger partial charge on any atom is 0.257 e. The van der Waals surface area contributed by atoms with Gasteiger partial charge in [-0.15, -0.1) is 0 Å². The van der Waals surface area contributed by atoms with E-state index in [1.165, 1.54) is 0 Å². The Morgan fingerprint density at radius 1 is 1.20 bits per heavy atom. The molecule has 5 nitrogen and oxygen atoms in total. The molecule has 1 amide bonds. The fraction of sp³-hybridized carbons (Fsp3) is 0.200. The molecule has 0 radical (unpaired) electrons. The number of pyridine rings is 1. The molecular formula is C15H16N2O3. The third kappa shape index (κ3) is 2.88. The number of hydrogen-bond donors (Lipinski definition) is 1. The predicted molar refractivity (Wildman–Crippen MR) is 76.5 cm³/mol. The van der Waals surface area contributed by atoms with Gasteiger partial charge in [-0.05, 0) is 30.7 Å². The zero-order valence-electron chi connectivity index (χ0n) is 11.6. The predicted octanol–water partition coefficient (Wildman–Crippen LogP) is 2.66. The Morgan fingerprint density at radius 3 is 2.65 bits per heavy atom. The van der Waals surface area contributed by atoms with Crippen LogP contribution < -0.4 is 14.8 Å². The van der Waals surface area contributed by atoms with Gasteiger partial charge in [-0.2, -0.15) is 0 Å². The van der Waals surface area contributed by atoms with Crippen molar-refractivity contribution in [3.8, 4) is 11.5 Å². The van der Waals surface area contributed by atoms with Crippen LogP contribution in [0.15, 0.2) is 36.7 Å². The summed E-state index contributed by atoms with van der Waals surface area (Å²) in [5, 5.41) is 2.81. The van der Waals surface area contributed by atoms with Crippen LogP contribution in [-0.4, -0.2) is 25.1 Å². The number of nitrogens with zero attached hydrogens (tertiary/aromatic N) is 1. The van der Waals surface area contributed by atoms with Crippen LogP contribution in [0.25, 0.3) is 0 Å². The second-order valence-electron chi connectivity index (χ2n) is 4.21. The van der Waals surface area contributed by atoms with E-state index in [0.29, 0.717) is 22.7 Å². The lowest BCUT2D eigenvalue weighted by atomic mass is 10.1. The smallest absolute Gasteiger partial charge is 0.257 e. The summed E-state index contributed by atoms with van der Waals surface area (Å²) in [4.78, 5) is 16.2. The molecule has 0 aliphatic rings. The fourth-order valence-corrected chi connectivity index (χ4v) is 1.79. The second kappa shape index (κ2) is 6.06. The minimum absolute atomic E-state index is 0.223. The van der Waals surface area contributed by atoms with Gasteiger partial charge < -0.3 is 14.8 Å². The summed E-state index contributed by atoms with van der Waals surface area (Å²) in [5.41, 5.74) is 1.98. The summed E-state index contributed by atoms with van der Waals surface area (Å²) in [6.07, 6.45) is 3.20. The fourth-order valence-electron chi connectivity index (χ4n) is 1.79. The molecule has 2 aromatic rings. The van der Waals surface area contributed by atoms with E-state index in [2.05, 4.69) is 10.3 Å². The monoisotopic (exact) mass is 272 g/mol. The number of ether oxygens (including phenoxy) is 2. The Bertz CT molecular complexity index is 626. The molecule has 0 unspecified atom stereocenters. The summed E-state index contributed by atoms with van der Waals surface area (Å²) in [7, 11) is 3.12. The van der Waals surface area contributed by atoms with Gasteiger partial charge in [-0.1, -0.05) is 0 Å². The number of carbonyl (C=O) groups is 1. The number of hydrogen-bond acceptors (Lipinski definition) is 4. The first kappa shape index (κ1) is 13.9. The number of carbonyl (C=O) groups excluding carboxylic acids is 1. The maximum atomic E-state index is 12.2. The quantitative estimate of drug-likeness (QED) is 0.929. The van der Waals surface area contributed by atoms with Crippen molar-refractivity contribution < 1.29 is 14.3 Å². The van der Waals surface area contributed by atoms with E-state index in [4.69, 9.17) is 9.47 Å². The Hall–Kier alpha value is -2.56. The van der Waals surface area contributed by atoms with Crippen LogP contribution in [0.4, 0.5) is 5.69 Å². The van der Waals surface area contributed by atoms with E-state index in [1.807, 2.05) is 6.92 Å². The van der Waals surface area contributed by atoms with Crippen LogP contribution in [0.5, 0.6) is 11.5 Å². The van der Waals surface area contributed by atoms with Gasteiger partial charge in [0.25, 0.3) is 5.91 Å². The summed E-state index contributed by atoms with van der Waals surface area (Å²) in [6, 6.07) is 7.00. The van der Waals surface area contributed by atoms with E-state index < -0.39 is 0 Å². The number of nitrogens with one attached hydrogen (secondary N) is 1. The molecule has 1 aromatic heterocycles. The lowest BCUT2D eigenvalue weighted by Crippen LogP contribution is -2.14. The highest BCUT2D eigenvalue weighted by molar-refractivity contribution is 6.05. The molecule has 104 valence electrons. The van der Waals surface area contributed by atoms with Gasteiger partial charge in [0.05, 0.1) is 25.5 Å². The molecule has 1 N–H and O–H groups in total. The van der Waals surface area contributed by atoms with E-state index in [-0.39, 0.29) is 5.91 Å². The number of amides is 1. The first-order chi connectivity index (χ1) is 9.65. The Balaban J connectivity index is 2.26. The average Bonchev–Trinajstić information content (AvgIpc) is 2.48. The highest BCUT2D eigenvalue weighted by Crippen LogP contribution is 2.29. The highest BCUT2D eigenvalue weighted by atomic mass is 16.5. The molecule has 1 aromatic carbocycles. The molecule has 2 rings (SSSR count). The molecule has 0 fully saturated rings. The molecule has 0 saturated heterocycles. The van der Waals surface area contributed by atoms with Gasteiger partial charge in [0.2, 0.25) is 0 Å². The molecular weight excluding hydrogens is 256 g/mol. The molecule has 1 heterocycles. The van der Waals surface area contributed by atoms with Crippen molar-refractivity contribution >= 4 is 11.6 Å². The highest BCUT2D eigenvalue weighted by Gasteiger charge is 2.12. The van der Waals surface area contributed by atoms with Crippen molar-refractivity contribution in [1.29, 1.82) is 0 Å². The van der Waals surface area contributed by atoms with Crippen LogP contribution >= 0.6 is 0 Å². The van der Waals surface area contributed by atoms with E-state index in [1.54, 1.807) is 50.9 Å². The van der Waals surface area contributed by atoms with Gasteiger partial charge >= 0.3 is 0 Å². The zero-order valence-corrected chi connectivity index (χ0v) is 11.6. The van der Waals surface area contributed by atoms with Gasteiger partial charge in [0.15, 0.2) is 0 Å². The van der Waals surface area contributed by atoms with Crippen LogP contribution in [0.2, 0.25) is 0 Å². The molecule has 0 spiro atoms. The summed E-state index contributed by atoms with van der Waals surface area (Å²) >= 11 is 0. The topological polar surface area (TPSA) is 60.5 Å². The minimum Gasteiger partial charge on any atom is -0.497 e. The number of rotatable bonds is 4. The number of benzene rings is 1. The molecule has 0 saturated carbocycles. The lowest BCUT2D eigenvalue weighted by Gasteiger charge is -2.12. The van der Waals surface area contributed by atoms with Crippen molar-refractivity contribution in [2.24, 2.45) is 0 Å². The van der Waals surface area contributed by atoms with Crippen molar-refractivity contribution in [2.75, 3.05) is 19.5 Å². The Labute approximate surface area is 117 Å². The number of anilines is 1. The van der Waals surface area contributed by atoms with Gasteiger partial charge in [0.1, 0.15) is 11.5 Å². The van der Waals surface area contributed by atoms with Crippen LogP contribution in [-0.2, 0) is 0 Å². The molecule has 0 atom stereocenters. The van der Waals surface area contributed by atoms with Gasteiger partial charge in [0, 0.05) is 18.5 Å². The van der Waals surface area contributed by atoms with Crippen molar-refractivity contribution in [2.45, 2.75) is 6.92 Å². The van der Waals surface area contributed by atoms with Crippen LogP contribution in [0, 0.1) is 6.92 Å². The first-order valence-electron chi connectivity index (χ1n) is 6.09. The largest absolute Gasteiger partial charge is 0.497 e. The molecule has 0 aliphatic heterocycles. The summed E-state index contributed by atoms with van der Waals surface area (Å²) in [5.74, 6) is 0.982. The Kier molecular flexibility index (Phi) is 4.20. The molecule has 5 heteroatoms. The summed E-state index contributed by atoms with van der Waals surface area (Å²) in [6.45, 7) is 1.86. The summed E-state index contributed by atoms with van der Waals surface area (Å²) < 4.78 is 10.4. The van der Waals surface area contributed by atoms with E-state index >= 15 is 0 Å². The third-order valence-corrected chi connectivity index (χ3v) is 2.94. The van der Waals surface area contributed by atoms with Gasteiger partial charge in [-0.3, -0.25) is 9.78 Å². The second-order valence-corrected chi connectivity index (χ2v) is 4.21. The van der Waals surface area contributed by atoms with Gasteiger partial charge in [-0.25, -0.2) is 0 Å². The Morgan fingerprint density at radius 2 is 2.00 bits per heavy atom. The average molecular weight is 272 g/mol. The van der Waals surface area contributed by atoms with E-state index in [0.717, 1.165) is 5.56 Å². The van der Waals surface area contributed by atoms with Crippen molar-refractivity contribution in [1.82, 2.24) is 4.98 Å². The molecule has 20 heavy (non-hydrogen) atoms. The van der Waals surface area contributed by atoms with E-state index in [9.17, 15) is 4.79 Å². The zero-order chi connectivity index (χ0) is 14.5. The van der Waals surface area contributed by atoms with Crippen LogP contribution in [0.1, 0.15) is 15.9 Å². The molecule has 0 aliphatic carbocycles. The maximum absolute atomic E-state index is 12.2. The number of aromatic nitrogens is 1. The van der Waals surface area contributed by atoms with Crippen molar-refractivity contribution in [3.63, 3.8) is 0 Å². The lowest BCUT2D eigenvalue weighted by molar-refractivity contribution is 0.102. The minimum atomic E-state index is -0.223. The number of methoxy groups -OCH3 is 2. The molecule has 0 bridgehead atoms. The first-order valence-corrected chi connectivity index (χ1v) is 6.09. The normalized spacial score (nSPS) is 9.95. The number of aryl methyl sites for hydroxylation is 1. The standard InChI is InChI=1S/C15H16N2O3/c1-10-6-7-16-9-12(10)15(18)17-13-5-4-11(19-2)8-14(13)20-3/h4-9H,1-3H3,(H,17,18). The van der Waals surface area contributed by atoms with Crippen molar-refractivity contribution in [3.05, 3.63) is 47.8 Å². The SMILES string of the molecule is COc1ccc(NC(=O)c2cnccc2C)c(OC)c1. The van der Waals surface area contributed by atoms with Crippen LogP contribution in [0.3, 0.4) is 0 Å². The third-order valence-electron chi connectivity index (χ3n) is 2.94.